The van der Waals surface area contributed by atoms with Gasteiger partial charge in [0.1, 0.15) is 0 Å². The summed E-state index contributed by atoms with van der Waals surface area (Å²) in [5.41, 5.74) is 0.638. The molecule has 0 fully saturated rings. The Bertz CT molecular complexity index is 858. The van der Waals surface area contributed by atoms with Crippen molar-refractivity contribution in [1.82, 2.24) is 10.0 Å². The molecule has 8 nitrogen and oxygen atoms in total. The molecule has 0 atom stereocenters. The molecule has 0 aliphatic carbocycles. The highest BCUT2D eigenvalue weighted by Crippen LogP contribution is 2.23. The minimum Gasteiger partial charge on any atom is -0.325 e. The molecule has 3 rings (SSSR count). The zero-order valence-corrected chi connectivity index (χ0v) is 13.2. The minimum absolute atomic E-state index is 0.00883. The summed E-state index contributed by atoms with van der Waals surface area (Å²) >= 11 is 0. The van der Waals surface area contributed by atoms with Crippen molar-refractivity contribution in [3.8, 4) is 0 Å². The number of amides is 3. The highest BCUT2D eigenvalue weighted by Gasteiger charge is 2.38. The molecule has 0 unspecified atom stereocenters. The van der Waals surface area contributed by atoms with Gasteiger partial charge in [0.25, 0.3) is 11.8 Å². The zero-order valence-electron chi connectivity index (χ0n) is 13.2. The molecule has 3 amide bonds. The van der Waals surface area contributed by atoms with Crippen molar-refractivity contribution in [2.75, 3.05) is 5.32 Å². The van der Waals surface area contributed by atoms with Crippen LogP contribution in [-0.2, 0) is 9.63 Å². The molecule has 1 aliphatic heterocycles. The second kappa shape index (κ2) is 6.52. The van der Waals surface area contributed by atoms with Crippen LogP contribution in [0.2, 0.25) is 0 Å². The van der Waals surface area contributed by atoms with E-state index in [9.17, 15) is 19.2 Å². The minimum atomic E-state index is -0.936. The van der Waals surface area contributed by atoms with Gasteiger partial charge in [-0.05, 0) is 18.2 Å². The van der Waals surface area contributed by atoms with Gasteiger partial charge in [-0.1, -0.05) is 24.1 Å². The molecule has 1 aromatic carbocycles. The van der Waals surface area contributed by atoms with Gasteiger partial charge in [-0.2, -0.15) is 0 Å². The van der Waals surface area contributed by atoms with Crippen LogP contribution in [-0.4, -0.2) is 33.7 Å². The van der Waals surface area contributed by atoms with Crippen molar-refractivity contribution in [2.24, 2.45) is 0 Å². The molecule has 0 saturated heterocycles. The molecule has 25 heavy (non-hydrogen) atoms. The fourth-order valence-electron chi connectivity index (χ4n) is 2.25. The van der Waals surface area contributed by atoms with E-state index in [0.717, 1.165) is 0 Å². The summed E-state index contributed by atoms with van der Waals surface area (Å²) in [5.74, 6) is -2.60. The fraction of sp³-hybridized carbons (Fsp3) is 0.118. The predicted molar refractivity (Wildman–Crippen MR) is 85.5 cm³/mol. The second-order valence-electron chi connectivity index (χ2n) is 5.19. The Kier molecular flexibility index (Phi) is 4.25. The monoisotopic (exact) mass is 339 g/mol. The number of hydroxylamine groups is 2. The van der Waals surface area contributed by atoms with Gasteiger partial charge in [0, 0.05) is 12.6 Å². The third kappa shape index (κ3) is 3.09. The van der Waals surface area contributed by atoms with E-state index >= 15 is 0 Å². The number of pyridine rings is 1. The summed E-state index contributed by atoms with van der Waals surface area (Å²) in [4.78, 5) is 56.8. The molecule has 2 aromatic rings. The van der Waals surface area contributed by atoms with E-state index in [2.05, 4.69) is 10.3 Å². The summed E-state index contributed by atoms with van der Waals surface area (Å²) < 4.78 is 0. The number of imide groups is 1. The number of aromatic nitrogens is 1. The van der Waals surface area contributed by atoms with Crippen molar-refractivity contribution in [3.63, 3.8) is 0 Å². The van der Waals surface area contributed by atoms with Crippen LogP contribution < -0.4 is 5.32 Å². The van der Waals surface area contributed by atoms with Crippen molar-refractivity contribution in [3.05, 3.63) is 59.4 Å². The first kappa shape index (κ1) is 16.3. The van der Waals surface area contributed by atoms with Crippen molar-refractivity contribution in [2.45, 2.75) is 13.3 Å². The lowest BCUT2D eigenvalue weighted by Gasteiger charge is -2.13. The Morgan fingerprint density at radius 1 is 1.12 bits per heavy atom. The predicted octanol–water partition coefficient (Wildman–Crippen LogP) is 1.80. The average molecular weight is 339 g/mol. The van der Waals surface area contributed by atoms with Crippen molar-refractivity contribution in [1.29, 1.82) is 0 Å². The quantitative estimate of drug-likeness (QED) is 0.852. The Morgan fingerprint density at radius 2 is 1.76 bits per heavy atom. The van der Waals surface area contributed by atoms with Crippen LogP contribution in [0.4, 0.5) is 5.69 Å². The smallest absolute Gasteiger partial charge is 0.325 e. The first-order valence-corrected chi connectivity index (χ1v) is 7.46. The number of carbonyl (C=O) groups excluding carboxylic acids is 4. The zero-order chi connectivity index (χ0) is 18.0. The highest BCUT2D eigenvalue weighted by molar-refractivity contribution is 6.21. The van der Waals surface area contributed by atoms with Gasteiger partial charge >= 0.3 is 5.97 Å². The van der Waals surface area contributed by atoms with Gasteiger partial charge in [-0.15, -0.1) is 0 Å². The van der Waals surface area contributed by atoms with Crippen LogP contribution in [0.5, 0.6) is 0 Å². The molecule has 0 radical (unpaired) electrons. The summed E-state index contributed by atoms with van der Waals surface area (Å²) in [7, 11) is 0. The lowest BCUT2D eigenvalue weighted by Crippen LogP contribution is -2.32. The van der Waals surface area contributed by atoms with Gasteiger partial charge in [0.15, 0.2) is 0 Å². The van der Waals surface area contributed by atoms with E-state index in [1.165, 1.54) is 30.6 Å². The number of hydrogen-bond donors (Lipinski definition) is 1. The molecule has 0 bridgehead atoms. The maximum absolute atomic E-state index is 12.2. The summed E-state index contributed by atoms with van der Waals surface area (Å²) in [6.45, 7) is 1.68. The van der Waals surface area contributed by atoms with Gasteiger partial charge < -0.3 is 10.2 Å². The number of benzene rings is 1. The van der Waals surface area contributed by atoms with Crippen LogP contribution in [0.1, 0.15) is 44.4 Å². The molecule has 0 saturated carbocycles. The van der Waals surface area contributed by atoms with Crippen LogP contribution in [0.3, 0.4) is 0 Å². The van der Waals surface area contributed by atoms with Gasteiger partial charge in [0.2, 0.25) is 5.91 Å². The number of nitrogens with zero attached hydrogens (tertiary/aromatic N) is 2. The van der Waals surface area contributed by atoms with Crippen LogP contribution in [0.15, 0.2) is 42.7 Å². The van der Waals surface area contributed by atoms with Crippen molar-refractivity contribution >= 4 is 29.4 Å². The molecular weight excluding hydrogens is 326 g/mol. The third-order valence-corrected chi connectivity index (χ3v) is 3.51. The van der Waals surface area contributed by atoms with E-state index in [0.29, 0.717) is 10.8 Å². The van der Waals surface area contributed by atoms with Crippen LogP contribution in [0, 0.1) is 0 Å². The number of carbonyl (C=O) groups is 4. The topological polar surface area (TPSA) is 106 Å². The van der Waals surface area contributed by atoms with E-state index in [4.69, 9.17) is 4.84 Å². The molecule has 1 aliphatic rings. The molecule has 8 heteroatoms. The number of hydrogen-bond acceptors (Lipinski definition) is 6. The Balaban J connectivity index is 1.77. The number of fused-ring (bicyclic) bond motifs is 1. The molecule has 1 aromatic heterocycles. The highest BCUT2D eigenvalue weighted by atomic mass is 16.7. The maximum atomic E-state index is 12.2. The van der Waals surface area contributed by atoms with Crippen LogP contribution in [0.25, 0.3) is 0 Å². The van der Waals surface area contributed by atoms with Crippen molar-refractivity contribution < 1.29 is 24.0 Å². The van der Waals surface area contributed by atoms with E-state index in [1.807, 2.05) is 0 Å². The Hall–Kier alpha value is -3.55. The molecular formula is C17H13N3O5. The largest absolute Gasteiger partial charge is 0.365 e. The average Bonchev–Trinajstić information content (AvgIpc) is 2.87. The van der Waals surface area contributed by atoms with Gasteiger partial charge in [0.05, 0.1) is 28.6 Å². The normalized spacial score (nSPS) is 12.8. The first-order valence-electron chi connectivity index (χ1n) is 7.46. The SMILES string of the molecule is CCC(=O)Nc1cncc(C(=O)ON2C(=O)c3ccccc3C2=O)c1. The third-order valence-electron chi connectivity index (χ3n) is 3.51. The molecule has 1 N–H and O–H groups in total. The van der Waals surface area contributed by atoms with E-state index < -0.39 is 17.8 Å². The first-order chi connectivity index (χ1) is 12.0. The van der Waals surface area contributed by atoms with Crippen LogP contribution >= 0.6 is 0 Å². The van der Waals surface area contributed by atoms with E-state index in [-0.39, 0.29) is 29.0 Å². The standard InChI is InChI=1S/C17H13N3O5/c1-2-14(21)19-11-7-10(8-18-9-11)17(24)25-20-15(22)12-5-3-4-6-13(12)16(20)23/h3-9H,2H2,1H3,(H,19,21). The summed E-state index contributed by atoms with van der Waals surface area (Å²) in [6, 6.07) is 7.52. The lowest BCUT2D eigenvalue weighted by atomic mass is 10.1. The maximum Gasteiger partial charge on any atom is 0.365 e. The Labute approximate surface area is 142 Å². The second-order valence-corrected chi connectivity index (χ2v) is 5.19. The van der Waals surface area contributed by atoms with Gasteiger partial charge in [-0.25, -0.2) is 4.79 Å². The number of nitrogens with one attached hydrogen (secondary N) is 1. The summed E-state index contributed by atoms with van der Waals surface area (Å²) in [6.07, 6.45) is 2.85. The summed E-state index contributed by atoms with van der Waals surface area (Å²) in [5, 5.41) is 2.98. The van der Waals surface area contributed by atoms with E-state index in [1.54, 1.807) is 19.1 Å². The molecule has 2 heterocycles. The van der Waals surface area contributed by atoms with Gasteiger partial charge in [-0.3, -0.25) is 19.4 Å². The lowest BCUT2D eigenvalue weighted by molar-refractivity contribution is -0.115. The number of anilines is 1. The molecule has 126 valence electrons. The molecule has 0 spiro atoms. The Morgan fingerprint density at radius 3 is 2.36 bits per heavy atom. The fourth-order valence-corrected chi connectivity index (χ4v) is 2.25. The number of rotatable bonds is 4.